The van der Waals surface area contributed by atoms with E-state index in [2.05, 4.69) is 37.1 Å². The number of hydrogen-bond acceptors (Lipinski definition) is 5. The molecule has 33 heavy (non-hydrogen) atoms. The van der Waals surface area contributed by atoms with E-state index in [4.69, 9.17) is 9.15 Å². The molecule has 2 aromatic heterocycles. The van der Waals surface area contributed by atoms with Crippen LogP contribution in [0.1, 0.15) is 79.5 Å². The Bertz CT molecular complexity index is 1010. The van der Waals surface area contributed by atoms with Gasteiger partial charge in [-0.15, -0.1) is 0 Å². The molecule has 0 saturated heterocycles. The van der Waals surface area contributed by atoms with E-state index in [-0.39, 0.29) is 18.4 Å². The van der Waals surface area contributed by atoms with Gasteiger partial charge in [0.15, 0.2) is 11.5 Å². The molecule has 0 saturated carbocycles. The SMILES string of the molecule is CCCCc1oc(CCc2ccc(O)c(OCC(NC)c3cc(C(C)C)c[nH]3)c2)cc1CO. The number of unbranched alkanes of at least 4 members (excludes halogenated alkanes) is 1. The van der Waals surface area contributed by atoms with E-state index in [1.807, 2.05) is 31.4 Å². The highest BCUT2D eigenvalue weighted by Gasteiger charge is 2.16. The van der Waals surface area contributed by atoms with Gasteiger partial charge < -0.3 is 29.7 Å². The fourth-order valence-electron chi connectivity index (χ4n) is 3.90. The van der Waals surface area contributed by atoms with Crippen LogP contribution in [0.4, 0.5) is 0 Å². The van der Waals surface area contributed by atoms with Crippen LogP contribution in [0.25, 0.3) is 0 Å². The monoisotopic (exact) mass is 454 g/mol. The number of aliphatic hydroxyl groups is 1. The molecule has 6 heteroatoms. The van der Waals surface area contributed by atoms with Crippen molar-refractivity contribution in [3.63, 3.8) is 0 Å². The van der Waals surface area contributed by atoms with Gasteiger partial charge in [-0.1, -0.05) is 33.3 Å². The first kappa shape index (κ1) is 24.9. The van der Waals surface area contributed by atoms with Crippen molar-refractivity contribution >= 4 is 0 Å². The zero-order valence-corrected chi connectivity index (χ0v) is 20.3. The molecule has 4 N–H and O–H groups in total. The topological polar surface area (TPSA) is 90.7 Å². The first-order valence-corrected chi connectivity index (χ1v) is 12.0. The number of hydrogen-bond donors (Lipinski definition) is 4. The number of phenolic OH excluding ortho intramolecular Hbond substituents is 1. The average molecular weight is 455 g/mol. The van der Waals surface area contributed by atoms with Crippen LogP contribution in [0.3, 0.4) is 0 Å². The second-order valence-electron chi connectivity index (χ2n) is 8.92. The summed E-state index contributed by atoms with van der Waals surface area (Å²) in [5.74, 6) is 2.84. The second kappa shape index (κ2) is 12.0. The summed E-state index contributed by atoms with van der Waals surface area (Å²) in [6, 6.07) is 9.59. The molecule has 1 aromatic carbocycles. The van der Waals surface area contributed by atoms with Gasteiger partial charge in [0.1, 0.15) is 18.1 Å². The summed E-state index contributed by atoms with van der Waals surface area (Å²) >= 11 is 0. The van der Waals surface area contributed by atoms with Gasteiger partial charge in [-0.25, -0.2) is 0 Å². The van der Waals surface area contributed by atoms with Crippen molar-refractivity contribution in [2.75, 3.05) is 13.7 Å². The van der Waals surface area contributed by atoms with Crippen LogP contribution >= 0.6 is 0 Å². The lowest BCUT2D eigenvalue weighted by Gasteiger charge is -2.17. The fourth-order valence-corrected chi connectivity index (χ4v) is 3.90. The van der Waals surface area contributed by atoms with E-state index in [1.54, 1.807) is 6.07 Å². The molecule has 0 aliphatic carbocycles. The van der Waals surface area contributed by atoms with Crippen LogP contribution in [-0.2, 0) is 25.9 Å². The number of aliphatic hydroxyl groups excluding tert-OH is 1. The smallest absolute Gasteiger partial charge is 0.161 e. The second-order valence-corrected chi connectivity index (χ2v) is 8.92. The van der Waals surface area contributed by atoms with E-state index in [9.17, 15) is 10.2 Å². The minimum atomic E-state index is -0.0119. The molecule has 0 fully saturated rings. The van der Waals surface area contributed by atoms with E-state index < -0.39 is 0 Å². The molecule has 0 radical (unpaired) electrons. The van der Waals surface area contributed by atoms with Crippen molar-refractivity contribution in [1.82, 2.24) is 10.3 Å². The number of aromatic hydroxyl groups is 1. The number of ether oxygens (including phenoxy) is 1. The lowest BCUT2D eigenvalue weighted by atomic mass is 10.1. The van der Waals surface area contributed by atoms with Crippen molar-refractivity contribution in [1.29, 1.82) is 0 Å². The van der Waals surface area contributed by atoms with Crippen LogP contribution in [0, 0.1) is 0 Å². The first-order valence-electron chi connectivity index (χ1n) is 12.0. The summed E-state index contributed by atoms with van der Waals surface area (Å²) in [5.41, 5.74) is 4.27. The van der Waals surface area contributed by atoms with Gasteiger partial charge in [0.25, 0.3) is 0 Å². The summed E-state index contributed by atoms with van der Waals surface area (Å²) in [7, 11) is 1.90. The van der Waals surface area contributed by atoms with Crippen molar-refractivity contribution < 1.29 is 19.4 Å². The van der Waals surface area contributed by atoms with Crippen molar-refractivity contribution in [3.8, 4) is 11.5 Å². The molecular weight excluding hydrogens is 416 g/mol. The van der Waals surface area contributed by atoms with E-state index in [0.29, 0.717) is 18.3 Å². The van der Waals surface area contributed by atoms with Crippen molar-refractivity contribution in [2.45, 2.75) is 71.4 Å². The third-order valence-corrected chi connectivity index (χ3v) is 6.08. The van der Waals surface area contributed by atoms with Gasteiger partial charge in [0.2, 0.25) is 0 Å². The Morgan fingerprint density at radius 3 is 2.61 bits per heavy atom. The molecule has 180 valence electrons. The van der Waals surface area contributed by atoms with Crippen LogP contribution < -0.4 is 10.1 Å². The lowest BCUT2D eigenvalue weighted by Crippen LogP contribution is -2.23. The molecule has 0 amide bonds. The minimum Gasteiger partial charge on any atom is -0.504 e. The summed E-state index contributed by atoms with van der Waals surface area (Å²) in [6.45, 7) is 6.88. The number of aromatic nitrogens is 1. The highest BCUT2D eigenvalue weighted by atomic mass is 16.5. The first-order chi connectivity index (χ1) is 15.9. The largest absolute Gasteiger partial charge is 0.504 e. The average Bonchev–Trinajstić information content (AvgIpc) is 3.45. The molecule has 1 unspecified atom stereocenters. The van der Waals surface area contributed by atoms with E-state index in [1.165, 1.54) is 5.56 Å². The van der Waals surface area contributed by atoms with Gasteiger partial charge >= 0.3 is 0 Å². The number of benzene rings is 1. The molecule has 0 bridgehead atoms. The Kier molecular flexibility index (Phi) is 9.03. The Balaban J connectivity index is 1.62. The fraction of sp³-hybridized carbons (Fsp3) is 0.481. The number of nitrogens with one attached hydrogen (secondary N) is 2. The predicted molar refractivity (Wildman–Crippen MR) is 131 cm³/mol. The number of likely N-dealkylation sites (N-methyl/N-ethyl adjacent to an activating group) is 1. The summed E-state index contributed by atoms with van der Waals surface area (Å²) in [5, 5.41) is 23.2. The molecule has 6 nitrogen and oxygen atoms in total. The number of H-pyrrole nitrogens is 1. The Hall–Kier alpha value is -2.70. The molecule has 3 aromatic rings. The summed E-state index contributed by atoms with van der Waals surface area (Å²) in [4.78, 5) is 3.33. The van der Waals surface area contributed by atoms with Gasteiger partial charge in [0, 0.05) is 30.3 Å². The number of furan rings is 1. The minimum absolute atomic E-state index is 0.00580. The summed E-state index contributed by atoms with van der Waals surface area (Å²) in [6.07, 6.45) is 6.51. The lowest BCUT2D eigenvalue weighted by molar-refractivity contribution is 0.259. The number of rotatable bonds is 13. The highest BCUT2D eigenvalue weighted by Crippen LogP contribution is 2.29. The third kappa shape index (κ3) is 6.65. The molecule has 2 heterocycles. The van der Waals surface area contributed by atoms with Gasteiger partial charge in [-0.3, -0.25) is 0 Å². The van der Waals surface area contributed by atoms with Crippen molar-refractivity contribution in [3.05, 3.63) is 70.4 Å². The number of aromatic amines is 1. The van der Waals surface area contributed by atoms with Crippen LogP contribution in [-0.4, -0.2) is 28.9 Å². The molecular formula is C27H38N2O4. The predicted octanol–water partition coefficient (Wildman–Crippen LogP) is 5.40. The maximum atomic E-state index is 10.3. The highest BCUT2D eigenvalue weighted by molar-refractivity contribution is 5.42. The standard InChI is InChI=1S/C27H38N2O4/c1-5-6-7-26-21(16-30)13-22(33-26)10-8-19-9-11-25(31)27(12-19)32-17-24(28-4)23-14-20(15-29-23)18(2)3/h9,11-15,18,24,28-31H,5-8,10,16-17H2,1-4H3. The van der Waals surface area contributed by atoms with E-state index in [0.717, 1.165) is 60.4 Å². The van der Waals surface area contributed by atoms with Gasteiger partial charge in [-0.2, -0.15) is 0 Å². The van der Waals surface area contributed by atoms with E-state index >= 15 is 0 Å². The zero-order chi connectivity index (χ0) is 23.8. The van der Waals surface area contributed by atoms with Crippen molar-refractivity contribution in [2.24, 2.45) is 0 Å². The Morgan fingerprint density at radius 1 is 1.12 bits per heavy atom. The number of phenols is 1. The van der Waals surface area contributed by atoms with Gasteiger partial charge in [0.05, 0.1) is 12.6 Å². The van der Waals surface area contributed by atoms with Crippen LogP contribution in [0.2, 0.25) is 0 Å². The molecule has 3 rings (SSSR count). The third-order valence-electron chi connectivity index (χ3n) is 6.08. The number of aryl methyl sites for hydroxylation is 3. The Morgan fingerprint density at radius 2 is 1.94 bits per heavy atom. The van der Waals surface area contributed by atoms with Crippen LogP contribution in [0.5, 0.6) is 11.5 Å². The van der Waals surface area contributed by atoms with Crippen LogP contribution in [0.15, 0.2) is 40.9 Å². The maximum absolute atomic E-state index is 10.3. The van der Waals surface area contributed by atoms with Gasteiger partial charge in [-0.05, 0) is 61.2 Å². The quantitative estimate of drug-likeness (QED) is 0.278. The zero-order valence-electron chi connectivity index (χ0n) is 20.3. The Labute approximate surface area is 197 Å². The molecule has 1 atom stereocenters. The normalized spacial score (nSPS) is 12.4. The maximum Gasteiger partial charge on any atom is 0.161 e. The molecule has 0 spiro atoms. The molecule has 0 aliphatic rings. The summed E-state index contributed by atoms with van der Waals surface area (Å²) < 4.78 is 12.0. The molecule has 0 aliphatic heterocycles.